The van der Waals surface area contributed by atoms with E-state index in [1.165, 1.54) is 0 Å². The summed E-state index contributed by atoms with van der Waals surface area (Å²) in [4.78, 5) is 4.15. The highest BCUT2D eigenvalue weighted by Gasteiger charge is 2.16. The van der Waals surface area contributed by atoms with Crippen LogP contribution in [0.4, 0.5) is 8.78 Å². The lowest BCUT2D eigenvalue weighted by molar-refractivity contribution is -0.0520. The molecular formula is C18H26F2N6O2. The fraction of sp³-hybridized carbons (Fsp3) is 0.500. The molecule has 10 heteroatoms. The maximum absolute atomic E-state index is 12.8. The largest absolute Gasteiger partial charge is 0.490 e. The monoisotopic (exact) mass is 396 g/mol. The van der Waals surface area contributed by atoms with Gasteiger partial charge in [0.1, 0.15) is 12.2 Å². The third-order valence-corrected chi connectivity index (χ3v) is 3.89. The number of ether oxygens (including phenoxy) is 2. The van der Waals surface area contributed by atoms with Crippen LogP contribution in [0.3, 0.4) is 0 Å². The summed E-state index contributed by atoms with van der Waals surface area (Å²) in [5.74, 6) is 1.76. The number of benzene rings is 1. The topological polar surface area (TPSA) is 85.6 Å². The average Bonchev–Trinajstić information content (AvgIpc) is 3.13. The van der Waals surface area contributed by atoms with E-state index in [0.29, 0.717) is 31.2 Å². The van der Waals surface area contributed by atoms with Gasteiger partial charge in [-0.25, -0.2) is 0 Å². The Hall–Kier alpha value is -2.91. The number of guanidine groups is 1. The van der Waals surface area contributed by atoms with Crippen molar-refractivity contribution in [3.63, 3.8) is 0 Å². The van der Waals surface area contributed by atoms with Crippen LogP contribution in [0.1, 0.15) is 25.2 Å². The number of hydrogen-bond donors (Lipinski definition) is 2. The fourth-order valence-corrected chi connectivity index (χ4v) is 2.63. The van der Waals surface area contributed by atoms with Crippen molar-refractivity contribution in [1.29, 1.82) is 0 Å². The van der Waals surface area contributed by atoms with Crippen molar-refractivity contribution in [3.8, 4) is 11.5 Å². The summed E-state index contributed by atoms with van der Waals surface area (Å²) in [5, 5.41) is 14.2. The van der Waals surface area contributed by atoms with Gasteiger partial charge in [-0.15, -0.1) is 10.2 Å². The number of nitrogens with zero attached hydrogens (tertiary/aromatic N) is 4. The predicted molar refractivity (Wildman–Crippen MR) is 102 cm³/mol. The minimum absolute atomic E-state index is 0.0272. The third kappa shape index (κ3) is 6.07. The van der Waals surface area contributed by atoms with E-state index in [4.69, 9.17) is 4.74 Å². The van der Waals surface area contributed by atoms with Gasteiger partial charge in [0.25, 0.3) is 0 Å². The Balaban J connectivity index is 1.96. The van der Waals surface area contributed by atoms with Crippen molar-refractivity contribution >= 4 is 5.96 Å². The van der Waals surface area contributed by atoms with E-state index in [0.717, 1.165) is 12.2 Å². The Kier molecular flexibility index (Phi) is 8.44. The zero-order valence-electron chi connectivity index (χ0n) is 16.3. The highest BCUT2D eigenvalue weighted by Crippen LogP contribution is 2.32. The maximum atomic E-state index is 12.8. The van der Waals surface area contributed by atoms with E-state index in [1.807, 2.05) is 11.5 Å². The summed E-state index contributed by atoms with van der Waals surface area (Å²) in [5.41, 5.74) is 0.543. The number of nitrogens with one attached hydrogen (secondary N) is 2. The average molecular weight is 396 g/mol. The van der Waals surface area contributed by atoms with Gasteiger partial charge in [-0.3, -0.25) is 4.99 Å². The molecule has 0 fully saturated rings. The van der Waals surface area contributed by atoms with Crippen molar-refractivity contribution in [2.45, 2.75) is 40.0 Å². The fourth-order valence-electron chi connectivity index (χ4n) is 2.63. The molecule has 0 saturated heterocycles. The number of halogens is 2. The molecule has 0 amide bonds. The molecule has 0 aliphatic heterocycles. The molecular weight excluding hydrogens is 370 g/mol. The molecule has 0 aliphatic carbocycles. The van der Waals surface area contributed by atoms with Crippen LogP contribution in [-0.2, 0) is 19.5 Å². The maximum Gasteiger partial charge on any atom is 0.387 e. The van der Waals surface area contributed by atoms with Crippen LogP contribution in [0.15, 0.2) is 29.5 Å². The third-order valence-electron chi connectivity index (χ3n) is 3.89. The number of hydrogen-bond acceptors (Lipinski definition) is 5. The van der Waals surface area contributed by atoms with Crippen LogP contribution in [-0.4, -0.2) is 47.5 Å². The van der Waals surface area contributed by atoms with Gasteiger partial charge in [0.05, 0.1) is 6.61 Å². The first-order chi connectivity index (χ1) is 13.6. The lowest BCUT2D eigenvalue weighted by Crippen LogP contribution is -2.38. The second-order valence-electron chi connectivity index (χ2n) is 5.70. The molecule has 8 nitrogen and oxygen atoms in total. The smallest absolute Gasteiger partial charge is 0.387 e. The molecule has 2 aromatic rings. The van der Waals surface area contributed by atoms with Crippen molar-refractivity contribution in [2.24, 2.45) is 4.99 Å². The molecule has 1 aromatic heterocycles. The summed E-state index contributed by atoms with van der Waals surface area (Å²) < 4.78 is 37.6. The predicted octanol–water partition coefficient (Wildman–Crippen LogP) is 2.21. The lowest BCUT2D eigenvalue weighted by Gasteiger charge is -2.17. The molecule has 28 heavy (non-hydrogen) atoms. The van der Waals surface area contributed by atoms with E-state index in [1.54, 1.807) is 38.5 Å². The van der Waals surface area contributed by atoms with Crippen molar-refractivity contribution in [3.05, 3.63) is 35.9 Å². The molecule has 154 valence electrons. The standard InChI is InChI=1S/C18H26F2N6O2/c1-4-15-25-24-12-26(15)10-9-22-18(21-3)23-11-13-7-6-8-14(27-5-2)16(13)28-17(19)20/h6-8,12,17H,4-5,9-11H2,1-3H3,(H2,21,22,23). The summed E-state index contributed by atoms with van der Waals surface area (Å²) >= 11 is 0. The van der Waals surface area contributed by atoms with E-state index < -0.39 is 6.61 Å². The minimum atomic E-state index is -2.94. The molecule has 1 aromatic carbocycles. The van der Waals surface area contributed by atoms with Crippen LogP contribution in [0.5, 0.6) is 11.5 Å². The first kappa shape index (κ1) is 21.4. The number of alkyl halides is 2. The van der Waals surface area contributed by atoms with Gasteiger partial charge in [-0.2, -0.15) is 8.78 Å². The Morgan fingerprint density at radius 2 is 2.11 bits per heavy atom. The van der Waals surface area contributed by atoms with Gasteiger partial charge < -0.3 is 24.7 Å². The van der Waals surface area contributed by atoms with Gasteiger partial charge in [-0.05, 0) is 13.0 Å². The van der Waals surface area contributed by atoms with E-state index in [9.17, 15) is 8.78 Å². The van der Waals surface area contributed by atoms with Gasteiger partial charge >= 0.3 is 6.61 Å². The Morgan fingerprint density at radius 3 is 2.79 bits per heavy atom. The Labute approximate surface area is 163 Å². The van der Waals surface area contributed by atoms with Crippen LogP contribution in [0, 0.1) is 0 Å². The zero-order valence-corrected chi connectivity index (χ0v) is 16.3. The van der Waals surface area contributed by atoms with Crippen molar-refractivity contribution < 1.29 is 18.3 Å². The summed E-state index contributed by atoms with van der Waals surface area (Å²) in [7, 11) is 1.64. The lowest BCUT2D eigenvalue weighted by atomic mass is 10.2. The molecule has 0 atom stereocenters. The molecule has 0 spiro atoms. The second-order valence-corrected chi connectivity index (χ2v) is 5.70. The molecule has 0 aliphatic rings. The molecule has 2 N–H and O–H groups in total. The van der Waals surface area contributed by atoms with Crippen molar-refractivity contribution in [2.75, 3.05) is 20.2 Å². The number of rotatable bonds is 10. The highest BCUT2D eigenvalue weighted by atomic mass is 19.3. The SMILES string of the molecule is CCOc1cccc(CNC(=NC)NCCn2cnnc2CC)c1OC(F)F. The normalized spacial score (nSPS) is 11.6. The number of aliphatic imine (C=N–C) groups is 1. The first-order valence-electron chi connectivity index (χ1n) is 9.09. The Morgan fingerprint density at radius 1 is 1.29 bits per heavy atom. The van der Waals surface area contributed by atoms with Crippen LogP contribution in [0.2, 0.25) is 0 Å². The van der Waals surface area contributed by atoms with E-state index in [-0.39, 0.29) is 18.0 Å². The van der Waals surface area contributed by atoms with Gasteiger partial charge in [-0.1, -0.05) is 19.1 Å². The quantitative estimate of drug-likeness (QED) is 0.473. The number of aromatic nitrogens is 3. The Bertz CT molecular complexity index is 766. The molecule has 2 rings (SSSR count). The zero-order chi connectivity index (χ0) is 20.4. The molecule has 0 saturated carbocycles. The minimum Gasteiger partial charge on any atom is -0.490 e. The molecule has 0 unspecified atom stereocenters. The summed E-state index contributed by atoms with van der Waals surface area (Å²) in [6.07, 6.45) is 2.49. The van der Waals surface area contributed by atoms with Gasteiger partial charge in [0.15, 0.2) is 17.5 Å². The summed E-state index contributed by atoms with van der Waals surface area (Å²) in [6.45, 7) is 2.74. The van der Waals surface area contributed by atoms with E-state index >= 15 is 0 Å². The van der Waals surface area contributed by atoms with Crippen molar-refractivity contribution in [1.82, 2.24) is 25.4 Å². The van der Waals surface area contributed by atoms with Gasteiger partial charge in [0.2, 0.25) is 0 Å². The number of para-hydroxylation sites is 1. The first-order valence-corrected chi connectivity index (χ1v) is 9.09. The molecule has 1 heterocycles. The summed E-state index contributed by atoms with van der Waals surface area (Å²) in [6, 6.07) is 5.03. The second kappa shape index (κ2) is 11.1. The van der Waals surface area contributed by atoms with Crippen LogP contribution in [0.25, 0.3) is 0 Å². The highest BCUT2D eigenvalue weighted by molar-refractivity contribution is 5.79. The number of aryl methyl sites for hydroxylation is 1. The van der Waals surface area contributed by atoms with E-state index in [2.05, 4.69) is 30.6 Å². The van der Waals surface area contributed by atoms with Crippen LogP contribution >= 0.6 is 0 Å². The van der Waals surface area contributed by atoms with Crippen LogP contribution < -0.4 is 20.1 Å². The molecule has 0 radical (unpaired) electrons. The molecule has 0 bridgehead atoms. The van der Waals surface area contributed by atoms with Gasteiger partial charge in [0, 0.05) is 38.7 Å².